The fourth-order valence-electron chi connectivity index (χ4n) is 1.64. The molecular formula is C13H27N5O. The van der Waals surface area contributed by atoms with E-state index in [1.54, 1.807) is 0 Å². The average molecular weight is 269 g/mol. The van der Waals surface area contributed by atoms with Gasteiger partial charge in [-0.15, -0.1) is 0 Å². The normalized spacial score (nSPS) is 12.9. The number of aliphatic hydroxyl groups excluding tert-OH is 1. The van der Waals surface area contributed by atoms with Crippen molar-refractivity contribution in [2.24, 2.45) is 15.7 Å². The van der Waals surface area contributed by atoms with Crippen LogP contribution < -0.4 is 11.1 Å². The van der Waals surface area contributed by atoms with Gasteiger partial charge in [-0.3, -0.25) is 9.89 Å². The van der Waals surface area contributed by atoms with Gasteiger partial charge >= 0.3 is 0 Å². The number of hydrogen-bond donors (Lipinski definition) is 3. The molecule has 0 radical (unpaired) electrons. The lowest BCUT2D eigenvalue weighted by Gasteiger charge is -2.18. The van der Waals surface area contributed by atoms with Crippen molar-refractivity contribution in [3.05, 3.63) is 12.3 Å². The second-order valence-electron chi connectivity index (χ2n) is 4.41. The number of nitrogens with one attached hydrogen (secondary N) is 1. The molecule has 0 saturated heterocycles. The molecule has 0 aromatic heterocycles. The minimum Gasteiger partial charge on any atom is -0.395 e. The van der Waals surface area contributed by atoms with E-state index in [1.807, 2.05) is 13.8 Å². The smallest absolute Gasteiger partial charge is 0.217 e. The predicted molar refractivity (Wildman–Crippen MR) is 81.4 cm³/mol. The highest BCUT2D eigenvalue weighted by molar-refractivity contribution is 5.94. The third-order valence-electron chi connectivity index (χ3n) is 2.32. The van der Waals surface area contributed by atoms with Crippen LogP contribution in [0, 0.1) is 0 Å². The maximum Gasteiger partial charge on any atom is 0.217 e. The Hall–Kier alpha value is -1.40. The maximum absolute atomic E-state index is 8.93. The Kier molecular flexibility index (Phi) is 9.74. The van der Waals surface area contributed by atoms with E-state index in [4.69, 9.17) is 10.8 Å². The second kappa shape index (κ2) is 10.5. The number of aliphatic hydroxyl groups is 1. The van der Waals surface area contributed by atoms with E-state index in [9.17, 15) is 0 Å². The molecule has 0 aliphatic heterocycles. The van der Waals surface area contributed by atoms with Crippen LogP contribution in [0.15, 0.2) is 22.3 Å². The third-order valence-corrected chi connectivity index (χ3v) is 2.32. The van der Waals surface area contributed by atoms with E-state index in [0.717, 1.165) is 25.2 Å². The van der Waals surface area contributed by atoms with E-state index >= 15 is 0 Å². The Bertz CT molecular complexity index is 319. The Labute approximate surface area is 116 Å². The van der Waals surface area contributed by atoms with Gasteiger partial charge in [0.2, 0.25) is 5.96 Å². The Morgan fingerprint density at radius 1 is 1.32 bits per heavy atom. The molecule has 0 bridgehead atoms. The van der Waals surface area contributed by atoms with E-state index in [1.165, 1.54) is 0 Å². The summed E-state index contributed by atoms with van der Waals surface area (Å²) < 4.78 is 0. The molecule has 110 valence electrons. The van der Waals surface area contributed by atoms with Crippen molar-refractivity contribution in [2.75, 3.05) is 32.8 Å². The Morgan fingerprint density at radius 3 is 2.53 bits per heavy atom. The number of amidine groups is 1. The highest BCUT2D eigenvalue weighted by Crippen LogP contribution is 1.91. The highest BCUT2D eigenvalue weighted by Gasteiger charge is 2.01. The minimum atomic E-state index is 0.166. The van der Waals surface area contributed by atoms with Gasteiger partial charge in [0, 0.05) is 18.8 Å². The molecule has 0 heterocycles. The quantitative estimate of drug-likeness (QED) is 0.443. The van der Waals surface area contributed by atoms with E-state index < -0.39 is 0 Å². The molecule has 0 fully saturated rings. The fourth-order valence-corrected chi connectivity index (χ4v) is 1.64. The van der Waals surface area contributed by atoms with Crippen LogP contribution in [0.1, 0.15) is 27.2 Å². The second-order valence-corrected chi connectivity index (χ2v) is 4.41. The van der Waals surface area contributed by atoms with Crippen LogP contribution in [-0.4, -0.2) is 54.6 Å². The zero-order valence-electron chi connectivity index (χ0n) is 12.3. The zero-order chi connectivity index (χ0) is 14.7. The summed E-state index contributed by atoms with van der Waals surface area (Å²) in [4.78, 5) is 10.5. The first kappa shape index (κ1) is 17.6. The van der Waals surface area contributed by atoms with Crippen molar-refractivity contribution < 1.29 is 5.11 Å². The molecule has 0 rings (SSSR count). The van der Waals surface area contributed by atoms with E-state index in [2.05, 4.69) is 33.7 Å². The lowest BCUT2D eigenvalue weighted by Crippen LogP contribution is -2.30. The van der Waals surface area contributed by atoms with Crippen molar-refractivity contribution >= 4 is 11.8 Å². The molecule has 6 nitrogen and oxygen atoms in total. The number of allylic oxidation sites excluding steroid dienone is 1. The molecule has 0 unspecified atom stereocenters. The van der Waals surface area contributed by atoms with Gasteiger partial charge < -0.3 is 16.2 Å². The summed E-state index contributed by atoms with van der Waals surface area (Å²) in [5.74, 6) is 0.932. The summed E-state index contributed by atoms with van der Waals surface area (Å²) in [5.41, 5.74) is 6.52. The molecule has 0 aliphatic carbocycles. The number of hydrogen-bond acceptors (Lipinski definition) is 3. The van der Waals surface area contributed by atoms with Crippen LogP contribution in [0.25, 0.3) is 0 Å². The molecule has 4 N–H and O–H groups in total. The van der Waals surface area contributed by atoms with Crippen LogP contribution in [0.5, 0.6) is 0 Å². The van der Waals surface area contributed by atoms with Crippen LogP contribution in [0.4, 0.5) is 0 Å². The third kappa shape index (κ3) is 10.2. The first-order chi connectivity index (χ1) is 8.99. The van der Waals surface area contributed by atoms with Gasteiger partial charge in [0.15, 0.2) is 0 Å². The van der Waals surface area contributed by atoms with E-state index in [0.29, 0.717) is 18.9 Å². The fraction of sp³-hybridized carbons (Fsp3) is 0.692. The molecule has 0 atom stereocenters. The molecule has 0 amide bonds. The number of nitrogens with zero attached hydrogens (tertiary/aromatic N) is 3. The SMILES string of the molecule is C=C(C)NC(C)=NC(N)=NCCN(CCC)CCO. The minimum absolute atomic E-state index is 0.166. The monoisotopic (exact) mass is 269 g/mol. The van der Waals surface area contributed by atoms with Crippen LogP contribution in [0.2, 0.25) is 0 Å². The van der Waals surface area contributed by atoms with Crippen LogP contribution >= 0.6 is 0 Å². The summed E-state index contributed by atoms with van der Waals surface area (Å²) in [6, 6.07) is 0. The number of rotatable bonds is 8. The number of nitrogens with two attached hydrogens (primary N) is 1. The van der Waals surface area contributed by atoms with Gasteiger partial charge in [0.05, 0.1) is 13.2 Å². The van der Waals surface area contributed by atoms with Crippen molar-refractivity contribution in [2.45, 2.75) is 27.2 Å². The van der Waals surface area contributed by atoms with Crippen molar-refractivity contribution in [1.82, 2.24) is 10.2 Å². The lowest BCUT2D eigenvalue weighted by molar-refractivity contribution is 0.199. The summed E-state index contributed by atoms with van der Waals surface area (Å²) in [7, 11) is 0. The van der Waals surface area contributed by atoms with Crippen molar-refractivity contribution in [1.29, 1.82) is 0 Å². The van der Waals surface area contributed by atoms with Gasteiger partial charge in [-0.05, 0) is 26.8 Å². The van der Waals surface area contributed by atoms with Crippen molar-refractivity contribution in [3.8, 4) is 0 Å². The van der Waals surface area contributed by atoms with Crippen molar-refractivity contribution in [3.63, 3.8) is 0 Å². The topological polar surface area (TPSA) is 86.2 Å². The number of guanidine groups is 1. The Morgan fingerprint density at radius 2 is 2.00 bits per heavy atom. The first-order valence-electron chi connectivity index (χ1n) is 6.60. The van der Waals surface area contributed by atoms with Crippen LogP contribution in [-0.2, 0) is 0 Å². The molecule has 6 heteroatoms. The first-order valence-corrected chi connectivity index (χ1v) is 6.60. The number of aliphatic imine (C=N–C) groups is 2. The summed E-state index contributed by atoms with van der Waals surface area (Å²) in [5, 5.41) is 11.9. The predicted octanol–water partition coefficient (Wildman–Crippen LogP) is 0.547. The zero-order valence-corrected chi connectivity index (χ0v) is 12.3. The largest absolute Gasteiger partial charge is 0.395 e. The lowest BCUT2D eigenvalue weighted by atomic mass is 10.4. The van der Waals surface area contributed by atoms with Gasteiger partial charge in [0.25, 0.3) is 0 Å². The molecule has 0 saturated carbocycles. The Balaban J connectivity index is 4.19. The molecule has 0 spiro atoms. The van der Waals surface area contributed by atoms with Gasteiger partial charge in [-0.1, -0.05) is 13.5 Å². The molecule has 0 aromatic rings. The highest BCUT2D eigenvalue weighted by atomic mass is 16.3. The maximum atomic E-state index is 8.93. The molecule has 0 aromatic carbocycles. The molecule has 0 aliphatic rings. The van der Waals surface area contributed by atoms with E-state index in [-0.39, 0.29) is 12.6 Å². The molecule has 19 heavy (non-hydrogen) atoms. The van der Waals surface area contributed by atoms with Crippen LogP contribution in [0.3, 0.4) is 0 Å². The van der Waals surface area contributed by atoms with Gasteiger partial charge in [-0.2, -0.15) is 0 Å². The average Bonchev–Trinajstić information content (AvgIpc) is 2.28. The summed E-state index contributed by atoms with van der Waals surface area (Å²) >= 11 is 0. The summed E-state index contributed by atoms with van der Waals surface area (Å²) in [6.07, 6.45) is 1.05. The summed E-state index contributed by atoms with van der Waals surface area (Å²) in [6.45, 7) is 12.6. The van der Waals surface area contributed by atoms with Gasteiger partial charge in [-0.25, -0.2) is 4.99 Å². The molecular weight excluding hydrogens is 242 g/mol. The standard InChI is InChI=1S/C13H27N5O/c1-5-7-18(9-10-19)8-6-15-13(14)17-12(4)16-11(2)3/h19H,2,5-10H2,1,3-4H3,(H3,14,15,16,17). The van der Waals surface area contributed by atoms with Gasteiger partial charge in [0.1, 0.15) is 5.84 Å².